The van der Waals surface area contributed by atoms with Crippen molar-refractivity contribution in [3.05, 3.63) is 88.0 Å². The number of amides is 3. The fourth-order valence-corrected chi connectivity index (χ4v) is 4.53. The predicted octanol–water partition coefficient (Wildman–Crippen LogP) is 4.54. The molecule has 0 radical (unpaired) electrons. The van der Waals surface area contributed by atoms with Gasteiger partial charge >= 0.3 is 0 Å². The molecule has 0 fully saturated rings. The highest BCUT2D eigenvalue weighted by Crippen LogP contribution is 2.35. The first-order chi connectivity index (χ1) is 16.9. The van der Waals surface area contributed by atoms with Crippen LogP contribution in [0.2, 0.25) is 0 Å². The van der Waals surface area contributed by atoms with Gasteiger partial charge in [-0.2, -0.15) is 0 Å². The van der Waals surface area contributed by atoms with Gasteiger partial charge in [-0.25, -0.2) is 4.90 Å². The summed E-state index contributed by atoms with van der Waals surface area (Å²) >= 11 is 0. The third kappa shape index (κ3) is 3.93. The molecule has 0 saturated heterocycles. The largest absolute Gasteiger partial charge is 0.486 e. The fourth-order valence-electron chi connectivity index (χ4n) is 4.53. The molecule has 0 bridgehead atoms. The molecule has 3 aromatic rings. The molecule has 7 nitrogen and oxygen atoms in total. The van der Waals surface area contributed by atoms with E-state index in [0.717, 1.165) is 16.7 Å². The van der Waals surface area contributed by atoms with E-state index in [0.29, 0.717) is 54.6 Å². The van der Waals surface area contributed by atoms with Crippen molar-refractivity contribution in [2.75, 3.05) is 24.7 Å². The maximum Gasteiger partial charge on any atom is 0.266 e. The van der Waals surface area contributed by atoms with E-state index in [4.69, 9.17) is 9.47 Å². The predicted molar refractivity (Wildman–Crippen MR) is 131 cm³/mol. The lowest BCUT2D eigenvalue weighted by Crippen LogP contribution is -2.31. The molecule has 2 aliphatic rings. The second-order valence-corrected chi connectivity index (χ2v) is 8.76. The normalized spacial score (nSPS) is 14.2. The van der Waals surface area contributed by atoms with E-state index in [2.05, 4.69) is 0 Å². The fraction of sp³-hybridized carbons (Fsp3) is 0.250. The van der Waals surface area contributed by atoms with Gasteiger partial charge in [0.05, 0.1) is 16.8 Å². The molecule has 3 amide bonds. The van der Waals surface area contributed by atoms with Crippen LogP contribution < -0.4 is 14.4 Å². The summed E-state index contributed by atoms with van der Waals surface area (Å²) < 4.78 is 11.4. The van der Waals surface area contributed by atoms with E-state index in [1.807, 2.05) is 57.2 Å². The second-order valence-electron chi connectivity index (χ2n) is 8.76. The lowest BCUT2D eigenvalue weighted by atomic mass is 10.0. The summed E-state index contributed by atoms with van der Waals surface area (Å²) in [6, 6.07) is 16.0. The van der Waals surface area contributed by atoms with E-state index in [-0.39, 0.29) is 17.4 Å². The topological polar surface area (TPSA) is 76.2 Å². The highest BCUT2D eigenvalue weighted by molar-refractivity contribution is 6.35. The SMILES string of the molecule is CCN(Cc1cccc2c1OCCO2)C(=O)c1ccc2c(c1)C(=O)N(c1cc(C)ccc1C)C2=O. The van der Waals surface area contributed by atoms with Crippen molar-refractivity contribution in [1.29, 1.82) is 0 Å². The standard InChI is InChI=1S/C28H26N2O5/c1-4-29(16-20-6-5-7-24-25(20)35-13-12-34-24)26(31)19-10-11-21-22(15-19)28(33)30(27(21)32)23-14-17(2)8-9-18(23)3/h5-11,14-15H,4,12-13,16H2,1-3H3. The Balaban J connectivity index is 1.43. The Morgan fingerprint density at radius 1 is 0.943 bits per heavy atom. The Labute approximate surface area is 203 Å². The van der Waals surface area contributed by atoms with Crippen LogP contribution in [0, 0.1) is 13.8 Å². The van der Waals surface area contributed by atoms with E-state index < -0.39 is 5.91 Å². The van der Waals surface area contributed by atoms with Gasteiger partial charge in [-0.15, -0.1) is 0 Å². The number of hydrogen-bond acceptors (Lipinski definition) is 5. The van der Waals surface area contributed by atoms with Crippen LogP contribution in [-0.2, 0) is 6.54 Å². The average Bonchev–Trinajstić information content (AvgIpc) is 3.12. The molecule has 178 valence electrons. The van der Waals surface area contributed by atoms with Crippen LogP contribution >= 0.6 is 0 Å². The summed E-state index contributed by atoms with van der Waals surface area (Å²) in [7, 11) is 0. The number of anilines is 1. The molecule has 0 aliphatic carbocycles. The maximum atomic E-state index is 13.4. The van der Waals surface area contributed by atoms with E-state index in [1.165, 1.54) is 11.0 Å². The van der Waals surface area contributed by atoms with Crippen LogP contribution in [0.4, 0.5) is 5.69 Å². The van der Waals surface area contributed by atoms with Crippen molar-refractivity contribution in [2.45, 2.75) is 27.3 Å². The minimum Gasteiger partial charge on any atom is -0.486 e. The smallest absolute Gasteiger partial charge is 0.266 e. The lowest BCUT2D eigenvalue weighted by molar-refractivity contribution is 0.0748. The minimum atomic E-state index is -0.418. The zero-order valence-electron chi connectivity index (χ0n) is 20.0. The number of rotatable bonds is 5. The summed E-state index contributed by atoms with van der Waals surface area (Å²) in [5.74, 6) is 0.307. The number of nitrogens with zero attached hydrogens (tertiary/aromatic N) is 2. The number of ether oxygens (including phenoxy) is 2. The monoisotopic (exact) mass is 470 g/mol. The Morgan fingerprint density at radius 2 is 1.71 bits per heavy atom. The first-order valence-corrected chi connectivity index (χ1v) is 11.7. The van der Waals surface area contributed by atoms with Crippen molar-refractivity contribution >= 4 is 23.4 Å². The third-order valence-corrected chi connectivity index (χ3v) is 6.42. The van der Waals surface area contributed by atoms with Gasteiger partial charge < -0.3 is 14.4 Å². The number of carbonyl (C=O) groups is 3. The molecule has 7 heteroatoms. The lowest BCUT2D eigenvalue weighted by Gasteiger charge is -2.25. The Kier molecular flexibility index (Phi) is 5.76. The van der Waals surface area contributed by atoms with Crippen LogP contribution in [0.15, 0.2) is 54.6 Å². The molecule has 2 aliphatic heterocycles. The van der Waals surface area contributed by atoms with Crippen LogP contribution in [0.5, 0.6) is 11.5 Å². The van der Waals surface area contributed by atoms with Crippen LogP contribution in [-0.4, -0.2) is 42.4 Å². The molecule has 2 heterocycles. The molecule has 5 rings (SSSR count). The number of aryl methyl sites for hydroxylation is 2. The molecule has 3 aromatic carbocycles. The Morgan fingerprint density at radius 3 is 2.51 bits per heavy atom. The number of para-hydroxylation sites is 1. The van der Waals surface area contributed by atoms with Gasteiger partial charge in [0.15, 0.2) is 11.5 Å². The Hall–Kier alpha value is -4.13. The van der Waals surface area contributed by atoms with E-state index in [1.54, 1.807) is 17.0 Å². The van der Waals surface area contributed by atoms with Crippen molar-refractivity contribution in [2.24, 2.45) is 0 Å². The van der Waals surface area contributed by atoms with Crippen molar-refractivity contribution in [3.63, 3.8) is 0 Å². The van der Waals surface area contributed by atoms with Crippen molar-refractivity contribution < 1.29 is 23.9 Å². The van der Waals surface area contributed by atoms with Gasteiger partial charge in [-0.3, -0.25) is 14.4 Å². The molecule has 0 N–H and O–H groups in total. The first kappa shape index (κ1) is 22.7. The maximum absolute atomic E-state index is 13.4. The summed E-state index contributed by atoms with van der Waals surface area (Å²) in [5, 5.41) is 0. The summed E-state index contributed by atoms with van der Waals surface area (Å²) in [6.45, 7) is 7.43. The molecular weight excluding hydrogens is 444 g/mol. The Bertz CT molecular complexity index is 1360. The molecular formula is C28H26N2O5. The van der Waals surface area contributed by atoms with Gasteiger partial charge in [0.2, 0.25) is 0 Å². The minimum absolute atomic E-state index is 0.227. The third-order valence-electron chi connectivity index (χ3n) is 6.42. The second kappa shape index (κ2) is 8.91. The number of hydrogen-bond donors (Lipinski definition) is 0. The number of fused-ring (bicyclic) bond motifs is 2. The molecule has 0 saturated carbocycles. The van der Waals surface area contributed by atoms with Gasteiger partial charge in [0, 0.05) is 24.2 Å². The molecule has 35 heavy (non-hydrogen) atoms. The van der Waals surface area contributed by atoms with Crippen LogP contribution in [0.1, 0.15) is 54.7 Å². The zero-order valence-corrected chi connectivity index (χ0v) is 20.0. The summed E-state index contributed by atoms with van der Waals surface area (Å²) in [4.78, 5) is 42.7. The van der Waals surface area contributed by atoms with Gasteiger partial charge in [-0.05, 0) is 62.2 Å². The molecule has 0 spiro atoms. The zero-order chi connectivity index (χ0) is 24.7. The van der Waals surface area contributed by atoms with Crippen LogP contribution in [0.25, 0.3) is 0 Å². The van der Waals surface area contributed by atoms with Gasteiger partial charge in [-0.1, -0.05) is 24.3 Å². The number of benzene rings is 3. The first-order valence-electron chi connectivity index (χ1n) is 11.7. The number of carbonyl (C=O) groups excluding carboxylic acids is 3. The average molecular weight is 471 g/mol. The quantitative estimate of drug-likeness (QED) is 0.512. The van der Waals surface area contributed by atoms with Crippen LogP contribution in [0.3, 0.4) is 0 Å². The number of imide groups is 1. The highest BCUT2D eigenvalue weighted by atomic mass is 16.6. The summed E-state index contributed by atoms with van der Waals surface area (Å²) in [6.07, 6.45) is 0. The summed E-state index contributed by atoms with van der Waals surface area (Å²) in [5.41, 5.74) is 4.10. The molecule has 0 unspecified atom stereocenters. The van der Waals surface area contributed by atoms with Crippen molar-refractivity contribution in [1.82, 2.24) is 4.90 Å². The molecule has 0 aromatic heterocycles. The van der Waals surface area contributed by atoms with Gasteiger partial charge in [0.1, 0.15) is 13.2 Å². The van der Waals surface area contributed by atoms with E-state index >= 15 is 0 Å². The highest BCUT2D eigenvalue weighted by Gasteiger charge is 2.38. The molecule has 0 atom stereocenters. The van der Waals surface area contributed by atoms with E-state index in [9.17, 15) is 14.4 Å². The van der Waals surface area contributed by atoms with Gasteiger partial charge in [0.25, 0.3) is 17.7 Å². The van der Waals surface area contributed by atoms with Crippen molar-refractivity contribution in [3.8, 4) is 11.5 Å².